The zero-order valence-electron chi connectivity index (χ0n) is 15.6. The third-order valence-corrected chi connectivity index (χ3v) is 4.84. The molecule has 8 nitrogen and oxygen atoms in total. The molecule has 0 bridgehead atoms. The number of methoxy groups -OCH3 is 3. The molecule has 0 saturated heterocycles. The van der Waals surface area contributed by atoms with Crippen molar-refractivity contribution in [3.05, 3.63) is 42.5 Å². The molecule has 2 aromatic rings. The predicted molar refractivity (Wildman–Crippen MR) is 103 cm³/mol. The molecule has 1 amide bonds. The summed E-state index contributed by atoms with van der Waals surface area (Å²) in [6.45, 7) is -0.389. The minimum Gasteiger partial charge on any atom is -0.497 e. The first-order valence-corrected chi connectivity index (χ1v) is 9.77. The number of hydrogen-bond acceptors (Lipinski definition) is 6. The Kier molecular flexibility index (Phi) is 6.51. The van der Waals surface area contributed by atoms with Gasteiger partial charge in [-0.05, 0) is 24.3 Å². The highest BCUT2D eigenvalue weighted by molar-refractivity contribution is 7.92. The molecule has 0 radical (unpaired) electrons. The Morgan fingerprint density at radius 3 is 2.30 bits per heavy atom. The summed E-state index contributed by atoms with van der Waals surface area (Å²) in [4.78, 5) is 12.4. The van der Waals surface area contributed by atoms with Crippen LogP contribution in [-0.2, 0) is 14.8 Å². The molecule has 1 N–H and O–H groups in total. The second kappa shape index (κ2) is 8.63. The van der Waals surface area contributed by atoms with Crippen molar-refractivity contribution in [2.24, 2.45) is 0 Å². The molecule has 0 saturated carbocycles. The van der Waals surface area contributed by atoms with E-state index in [2.05, 4.69) is 5.32 Å². The minimum absolute atomic E-state index is 0.333. The number of carbonyl (C=O) groups is 1. The molecule has 0 aliphatic heterocycles. The fourth-order valence-electron chi connectivity index (χ4n) is 2.41. The summed E-state index contributed by atoms with van der Waals surface area (Å²) >= 11 is 0. The Morgan fingerprint density at radius 2 is 1.70 bits per heavy atom. The van der Waals surface area contributed by atoms with Crippen LogP contribution in [-0.4, -0.2) is 48.5 Å². The van der Waals surface area contributed by atoms with Crippen LogP contribution < -0.4 is 23.8 Å². The first-order chi connectivity index (χ1) is 12.8. The van der Waals surface area contributed by atoms with Crippen LogP contribution in [0.5, 0.6) is 17.2 Å². The highest BCUT2D eigenvalue weighted by Crippen LogP contribution is 2.30. The van der Waals surface area contributed by atoms with Crippen molar-refractivity contribution >= 4 is 27.3 Å². The van der Waals surface area contributed by atoms with E-state index in [1.807, 2.05) is 0 Å². The van der Waals surface area contributed by atoms with Crippen LogP contribution in [0.15, 0.2) is 42.5 Å². The second-order valence-corrected chi connectivity index (χ2v) is 7.50. The molecule has 27 heavy (non-hydrogen) atoms. The third-order valence-electron chi connectivity index (χ3n) is 3.70. The number of nitrogens with zero attached hydrogens (tertiary/aromatic N) is 1. The van der Waals surface area contributed by atoms with E-state index in [0.717, 1.165) is 10.6 Å². The molecule has 0 aromatic heterocycles. The van der Waals surface area contributed by atoms with Crippen LogP contribution in [0, 0.1) is 0 Å². The molecule has 0 atom stereocenters. The quantitative estimate of drug-likeness (QED) is 0.737. The molecule has 0 unspecified atom stereocenters. The van der Waals surface area contributed by atoms with Gasteiger partial charge in [-0.2, -0.15) is 0 Å². The molecule has 0 spiro atoms. The van der Waals surface area contributed by atoms with Crippen molar-refractivity contribution in [3.8, 4) is 17.2 Å². The Bertz CT molecular complexity index is 914. The number of hydrogen-bond donors (Lipinski definition) is 1. The van der Waals surface area contributed by atoms with Gasteiger partial charge in [-0.15, -0.1) is 0 Å². The molecule has 0 fully saturated rings. The van der Waals surface area contributed by atoms with Crippen LogP contribution >= 0.6 is 0 Å². The molecule has 0 aliphatic rings. The Morgan fingerprint density at radius 1 is 1.00 bits per heavy atom. The highest BCUT2D eigenvalue weighted by Gasteiger charge is 2.21. The lowest BCUT2D eigenvalue weighted by atomic mass is 10.2. The van der Waals surface area contributed by atoms with E-state index < -0.39 is 15.9 Å². The van der Waals surface area contributed by atoms with Crippen molar-refractivity contribution in [1.29, 1.82) is 0 Å². The summed E-state index contributed by atoms with van der Waals surface area (Å²) in [5.41, 5.74) is 0.788. The van der Waals surface area contributed by atoms with Crippen molar-refractivity contribution in [2.75, 3.05) is 43.8 Å². The van der Waals surface area contributed by atoms with Crippen molar-refractivity contribution in [3.63, 3.8) is 0 Å². The maximum absolute atomic E-state index is 12.4. The number of ether oxygens (including phenoxy) is 3. The Hall–Kier alpha value is -2.94. The lowest BCUT2D eigenvalue weighted by Gasteiger charge is -2.22. The van der Waals surface area contributed by atoms with E-state index in [4.69, 9.17) is 14.2 Å². The van der Waals surface area contributed by atoms with Gasteiger partial charge < -0.3 is 19.5 Å². The average molecular weight is 394 g/mol. The SMILES string of the molecule is COc1cccc(N(CC(=O)Nc2ccc(OC)c(OC)c2)S(C)(=O)=O)c1. The highest BCUT2D eigenvalue weighted by atomic mass is 32.2. The fraction of sp³-hybridized carbons (Fsp3) is 0.278. The number of anilines is 2. The molecule has 9 heteroatoms. The number of rotatable bonds is 8. The fourth-order valence-corrected chi connectivity index (χ4v) is 3.26. The van der Waals surface area contributed by atoms with Gasteiger partial charge in [-0.3, -0.25) is 9.10 Å². The van der Waals surface area contributed by atoms with Gasteiger partial charge in [0.25, 0.3) is 0 Å². The van der Waals surface area contributed by atoms with Gasteiger partial charge in [-0.1, -0.05) is 6.07 Å². The van der Waals surface area contributed by atoms with Gasteiger partial charge in [0.05, 0.1) is 33.3 Å². The Labute approximate surface area is 158 Å². The number of carbonyl (C=O) groups excluding carboxylic acids is 1. The first kappa shape index (κ1) is 20.4. The van der Waals surface area contributed by atoms with E-state index in [0.29, 0.717) is 28.6 Å². The molecule has 146 valence electrons. The van der Waals surface area contributed by atoms with Crippen LogP contribution in [0.2, 0.25) is 0 Å². The average Bonchev–Trinajstić information content (AvgIpc) is 2.65. The van der Waals surface area contributed by atoms with Crippen LogP contribution in [0.4, 0.5) is 11.4 Å². The topological polar surface area (TPSA) is 94.2 Å². The standard InChI is InChI=1S/C18H22N2O6S/c1-24-15-7-5-6-14(11-15)20(27(4,22)23)12-18(21)19-13-8-9-16(25-2)17(10-13)26-3/h5-11H,12H2,1-4H3,(H,19,21). The van der Waals surface area contributed by atoms with Crippen LogP contribution in [0.25, 0.3) is 0 Å². The van der Waals surface area contributed by atoms with Gasteiger partial charge in [0.2, 0.25) is 15.9 Å². The normalized spacial score (nSPS) is 10.8. The number of amides is 1. The molecule has 2 aromatic carbocycles. The number of sulfonamides is 1. The molecule has 0 heterocycles. The summed E-state index contributed by atoms with van der Waals surface area (Å²) in [7, 11) is 0.790. The summed E-state index contributed by atoms with van der Waals surface area (Å²) in [5.74, 6) is 0.949. The van der Waals surface area contributed by atoms with Crippen LogP contribution in [0.3, 0.4) is 0 Å². The van der Waals surface area contributed by atoms with Gasteiger partial charge in [-0.25, -0.2) is 8.42 Å². The van der Waals surface area contributed by atoms with Gasteiger partial charge >= 0.3 is 0 Å². The van der Waals surface area contributed by atoms with Crippen LogP contribution in [0.1, 0.15) is 0 Å². The molecule has 0 aliphatic carbocycles. The van der Waals surface area contributed by atoms with Gasteiger partial charge in [0.1, 0.15) is 12.3 Å². The van der Waals surface area contributed by atoms with Gasteiger partial charge in [0, 0.05) is 17.8 Å². The minimum atomic E-state index is -3.68. The lowest BCUT2D eigenvalue weighted by molar-refractivity contribution is -0.114. The molecular formula is C18H22N2O6S. The number of benzene rings is 2. The second-order valence-electron chi connectivity index (χ2n) is 5.59. The maximum Gasteiger partial charge on any atom is 0.245 e. The zero-order chi connectivity index (χ0) is 20.0. The zero-order valence-corrected chi connectivity index (χ0v) is 16.4. The lowest BCUT2D eigenvalue weighted by Crippen LogP contribution is -2.37. The van der Waals surface area contributed by atoms with Gasteiger partial charge in [0.15, 0.2) is 11.5 Å². The Balaban J connectivity index is 2.22. The molecular weight excluding hydrogens is 372 g/mol. The van der Waals surface area contributed by atoms with Crippen molar-refractivity contribution in [2.45, 2.75) is 0 Å². The summed E-state index contributed by atoms with van der Waals surface area (Å²) in [6.07, 6.45) is 1.04. The number of nitrogens with one attached hydrogen (secondary N) is 1. The smallest absolute Gasteiger partial charge is 0.245 e. The third kappa shape index (κ3) is 5.27. The summed E-state index contributed by atoms with van der Waals surface area (Å²) in [5, 5.41) is 2.66. The molecule has 2 rings (SSSR count). The predicted octanol–water partition coefficient (Wildman–Crippen LogP) is 2.12. The monoisotopic (exact) mass is 394 g/mol. The van der Waals surface area contributed by atoms with Crippen molar-refractivity contribution in [1.82, 2.24) is 0 Å². The summed E-state index contributed by atoms with van der Waals surface area (Å²) in [6, 6.07) is 11.3. The van der Waals surface area contributed by atoms with E-state index in [9.17, 15) is 13.2 Å². The summed E-state index contributed by atoms with van der Waals surface area (Å²) < 4.78 is 40.8. The first-order valence-electron chi connectivity index (χ1n) is 7.92. The maximum atomic E-state index is 12.4. The van der Waals surface area contributed by atoms with E-state index in [-0.39, 0.29) is 6.54 Å². The largest absolute Gasteiger partial charge is 0.497 e. The van der Waals surface area contributed by atoms with E-state index in [1.54, 1.807) is 42.5 Å². The van der Waals surface area contributed by atoms with Crippen molar-refractivity contribution < 1.29 is 27.4 Å². The van der Waals surface area contributed by atoms with E-state index in [1.165, 1.54) is 21.3 Å². The van der Waals surface area contributed by atoms with E-state index >= 15 is 0 Å².